The highest BCUT2D eigenvalue weighted by molar-refractivity contribution is 6.60. The van der Waals surface area contributed by atoms with Gasteiger partial charge in [-0.25, -0.2) is 4.79 Å². The van der Waals surface area contributed by atoms with Gasteiger partial charge in [-0.15, -0.1) is 0 Å². The smallest absolute Gasteiger partial charge is 0.445 e. The third kappa shape index (κ3) is 5.79. The Labute approximate surface area is 149 Å². The molecule has 3 aliphatic rings. The first-order chi connectivity index (χ1) is 12.3. The molecule has 0 spiro atoms. The standard InChI is InChI=1S/C17H26N2O5Si/c20-17(21-15-16-5-2-1-3-6-16)18-7-4-14-25-22-11-8-19(9-12-23-25)10-13-24-25/h1-3,5-6H,4,7-15H2,(H,18,20). The molecule has 3 saturated heterocycles. The summed E-state index contributed by atoms with van der Waals surface area (Å²) in [6.07, 6.45) is 0.341. The number of fused-ring (bicyclic) bond motifs is 6. The summed E-state index contributed by atoms with van der Waals surface area (Å²) >= 11 is 0. The van der Waals surface area contributed by atoms with E-state index < -0.39 is 14.9 Å². The van der Waals surface area contributed by atoms with E-state index in [4.69, 9.17) is 18.0 Å². The molecule has 0 radical (unpaired) electrons. The number of rotatable bonds is 6. The summed E-state index contributed by atoms with van der Waals surface area (Å²) in [5.41, 5.74) is 0.970. The number of alkyl carbamates (subject to hydrolysis) is 1. The molecule has 1 aromatic carbocycles. The SMILES string of the molecule is O=C(NCCC[Si]12OCCN(CCO1)CCO2)OCc1ccccc1. The maximum Gasteiger partial charge on any atom is 0.501 e. The van der Waals surface area contributed by atoms with Crippen LogP contribution in [0.5, 0.6) is 0 Å². The summed E-state index contributed by atoms with van der Waals surface area (Å²) in [6, 6.07) is 10.3. The van der Waals surface area contributed by atoms with Crippen LogP contribution < -0.4 is 5.32 Å². The molecule has 3 aliphatic heterocycles. The van der Waals surface area contributed by atoms with Crippen LogP contribution >= 0.6 is 0 Å². The van der Waals surface area contributed by atoms with Crippen molar-refractivity contribution in [2.75, 3.05) is 46.0 Å². The van der Waals surface area contributed by atoms with Crippen molar-refractivity contribution in [3.05, 3.63) is 35.9 Å². The van der Waals surface area contributed by atoms with Crippen molar-refractivity contribution >= 4 is 14.9 Å². The number of benzene rings is 1. The van der Waals surface area contributed by atoms with E-state index in [1.165, 1.54) is 0 Å². The number of hydrogen-bond donors (Lipinski definition) is 1. The van der Waals surface area contributed by atoms with Crippen LogP contribution in [0.2, 0.25) is 6.04 Å². The topological polar surface area (TPSA) is 69.3 Å². The van der Waals surface area contributed by atoms with Gasteiger partial charge in [0.1, 0.15) is 6.61 Å². The number of carbonyl (C=O) groups excluding carboxylic acids is 1. The lowest BCUT2D eigenvalue weighted by atomic mass is 10.2. The first kappa shape index (κ1) is 18.3. The Bertz CT molecular complexity index is 519. The first-order valence-corrected chi connectivity index (χ1v) is 10.8. The van der Waals surface area contributed by atoms with E-state index in [-0.39, 0.29) is 6.61 Å². The van der Waals surface area contributed by atoms with Crippen molar-refractivity contribution in [3.63, 3.8) is 0 Å². The summed E-state index contributed by atoms with van der Waals surface area (Å²) in [7, 11) is -2.59. The Balaban J connectivity index is 1.36. The molecule has 0 saturated carbocycles. The van der Waals surface area contributed by atoms with Crippen LogP contribution in [-0.4, -0.2) is 65.8 Å². The molecule has 7 nitrogen and oxygen atoms in total. The summed E-state index contributed by atoms with van der Waals surface area (Å²) < 4.78 is 23.1. The number of nitrogens with zero attached hydrogens (tertiary/aromatic N) is 1. The minimum absolute atomic E-state index is 0.275. The quantitative estimate of drug-likeness (QED) is 0.609. The number of amides is 1. The number of nitrogens with one attached hydrogen (secondary N) is 1. The van der Waals surface area contributed by atoms with Crippen LogP contribution in [0, 0.1) is 0 Å². The zero-order valence-electron chi connectivity index (χ0n) is 14.4. The first-order valence-electron chi connectivity index (χ1n) is 8.85. The molecule has 1 aromatic rings. The Morgan fingerprint density at radius 2 is 1.72 bits per heavy atom. The van der Waals surface area contributed by atoms with Crippen LogP contribution in [0.25, 0.3) is 0 Å². The highest BCUT2D eigenvalue weighted by Gasteiger charge is 2.43. The lowest BCUT2D eigenvalue weighted by Gasteiger charge is -2.38. The number of ether oxygens (including phenoxy) is 1. The average Bonchev–Trinajstić information content (AvgIpc) is 2.58. The summed E-state index contributed by atoms with van der Waals surface area (Å²) in [5, 5.41) is 2.78. The minimum Gasteiger partial charge on any atom is -0.445 e. The Morgan fingerprint density at radius 3 is 2.36 bits per heavy atom. The van der Waals surface area contributed by atoms with Crippen molar-refractivity contribution in [3.8, 4) is 0 Å². The monoisotopic (exact) mass is 366 g/mol. The lowest BCUT2D eigenvalue weighted by Crippen LogP contribution is -2.55. The van der Waals surface area contributed by atoms with Crippen molar-refractivity contribution in [2.45, 2.75) is 19.1 Å². The van der Waals surface area contributed by atoms with Crippen LogP contribution in [0.15, 0.2) is 30.3 Å². The number of hydrogen-bond acceptors (Lipinski definition) is 6. The average molecular weight is 366 g/mol. The van der Waals surface area contributed by atoms with Crippen LogP contribution in [0.1, 0.15) is 12.0 Å². The van der Waals surface area contributed by atoms with Crippen molar-refractivity contribution in [2.24, 2.45) is 0 Å². The van der Waals surface area contributed by atoms with E-state index >= 15 is 0 Å². The fourth-order valence-corrected chi connectivity index (χ4v) is 5.44. The molecular weight excluding hydrogens is 340 g/mol. The Kier molecular flexibility index (Phi) is 6.82. The van der Waals surface area contributed by atoms with Gasteiger partial charge in [0.25, 0.3) is 0 Å². The fourth-order valence-electron chi connectivity index (χ4n) is 2.94. The normalized spacial score (nSPS) is 26.3. The zero-order chi connectivity index (χ0) is 17.4. The van der Waals surface area contributed by atoms with Crippen LogP contribution in [0.3, 0.4) is 0 Å². The Morgan fingerprint density at radius 1 is 1.08 bits per heavy atom. The molecule has 0 aliphatic carbocycles. The van der Waals surface area contributed by atoms with E-state index in [9.17, 15) is 4.79 Å². The second-order valence-corrected chi connectivity index (χ2v) is 8.89. The molecule has 0 unspecified atom stereocenters. The summed E-state index contributed by atoms with van der Waals surface area (Å²) in [4.78, 5) is 14.1. The molecular formula is C17H26N2O5Si. The highest BCUT2D eigenvalue weighted by Crippen LogP contribution is 2.21. The summed E-state index contributed by atoms with van der Waals surface area (Å²) in [6.45, 7) is 5.56. The summed E-state index contributed by atoms with van der Waals surface area (Å²) in [5.74, 6) is 0. The highest BCUT2D eigenvalue weighted by atomic mass is 28.4. The molecule has 4 rings (SSSR count). The Hall–Kier alpha value is -1.45. The van der Waals surface area contributed by atoms with Gasteiger partial charge in [0.15, 0.2) is 0 Å². The van der Waals surface area contributed by atoms with E-state index in [2.05, 4.69) is 10.2 Å². The fraction of sp³-hybridized carbons (Fsp3) is 0.588. The largest absolute Gasteiger partial charge is 0.501 e. The molecule has 3 heterocycles. The van der Waals surface area contributed by atoms with Crippen LogP contribution in [0.4, 0.5) is 4.79 Å². The van der Waals surface area contributed by atoms with Crippen molar-refractivity contribution in [1.29, 1.82) is 0 Å². The van der Waals surface area contributed by atoms with Crippen LogP contribution in [-0.2, 0) is 24.6 Å². The van der Waals surface area contributed by atoms with Gasteiger partial charge in [-0.05, 0) is 12.0 Å². The molecule has 138 valence electrons. The van der Waals surface area contributed by atoms with Gasteiger partial charge in [-0.3, -0.25) is 4.90 Å². The van der Waals surface area contributed by atoms with Gasteiger partial charge in [0, 0.05) is 32.2 Å². The molecule has 0 atom stereocenters. The van der Waals surface area contributed by atoms with Gasteiger partial charge in [-0.1, -0.05) is 30.3 Å². The van der Waals surface area contributed by atoms with E-state index in [1.807, 2.05) is 30.3 Å². The maximum absolute atomic E-state index is 11.8. The third-order valence-electron chi connectivity index (χ3n) is 4.33. The zero-order valence-corrected chi connectivity index (χ0v) is 15.4. The molecule has 25 heavy (non-hydrogen) atoms. The minimum atomic E-state index is -2.59. The van der Waals surface area contributed by atoms with Crippen molar-refractivity contribution < 1.29 is 22.8 Å². The second kappa shape index (κ2) is 9.30. The van der Waals surface area contributed by atoms with Gasteiger partial charge in [-0.2, -0.15) is 0 Å². The molecule has 3 fully saturated rings. The molecule has 1 N–H and O–H groups in total. The van der Waals surface area contributed by atoms with E-state index in [1.54, 1.807) is 0 Å². The van der Waals surface area contributed by atoms with Crippen molar-refractivity contribution in [1.82, 2.24) is 10.2 Å². The predicted molar refractivity (Wildman–Crippen MR) is 94.1 cm³/mol. The molecule has 2 bridgehead atoms. The van der Waals surface area contributed by atoms with Gasteiger partial charge < -0.3 is 23.3 Å². The van der Waals surface area contributed by atoms with E-state index in [0.717, 1.165) is 31.6 Å². The third-order valence-corrected chi connectivity index (χ3v) is 7.23. The maximum atomic E-state index is 11.8. The predicted octanol–water partition coefficient (Wildman–Crippen LogP) is 1.62. The second-order valence-electron chi connectivity index (χ2n) is 6.16. The van der Waals surface area contributed by atoms with Gasteiger partial charge in [0.2, 0.25) is 0 Å². The van der Waals surface area contributed by atoms with E-state index in [0.29, 0.717) is 32.4 Å². The molecule has 0 aromatic heterocycles. The van der Waals surface area contributed by atoms with Gasteiger partial charge in [0.05, 0.1) is 19.8 Å². The van der Waals surface area contributed by atoms with Gasteiger partial charge >= 0.3 is 14.9 Å². The lowest BCUT2D eigenvalue weighted by molar-refractivity contribution is -0.00852. The molecule has 1 amide bonds. The molecule has 8 heteroatoms. The number of carbonyl (C=O) groups is 1.